The second-order valence-corrected chi connectivity index (χ2v) is 16.1. The molecule has 0 bridgehead atoms. The topological polar surface area (TPSA) is 41.0 Å². The van der Waals surface area contributed by atoms with Crippen molar-refractivity contribution in [2.75, 3.05) is 0 Å². The van der Waals surface area contributed by atoms with E-state index in [-0.39, 0.29) is 18.5 Å². The van der Waals surface area contributed by atoms with Gasteiger partial charge in [0.1, 0.15) is 0 Å². The summed E-state index contributed by atoms with van der Waals surface area (Å²) in [6.07, 6.45) is -0.160. The van der Waals surface area contributed by atoms with Crippen LogP contribution in [0.5, 0.6) is 0 Å². The molecule has 2 atom stereocenters. The lowest BCUT2D eigenvalue weighted by Gasteiger charge is -2.39. The third kappa shape index (κ3) is 5.22. The van der Waals surface area contributed by atoms with E-state index in [0.717, 1.165) is 5.69 Å². The Bertz CT molecular complexity index is 3090. The fourth-order valence-corrected chi connectivity index (χ4v) is 10.5. The lowest BCUT2D eigenvalue weighted by atomic mass is 9.66. The molecule has 0 radical (unpaired) electrons. The predicted octanol–water partition coefficient (Wildman–Crippen LogP) is 12.5. The summed E-state index contributed by atoms with van der Waals surface area (Å²) < 4.78 is 2.52. The van der Waals surface area contributed by atoms with Gasteiger partial charge in [-0.3, -0.25) is 16.0 Å². The number of aromatic nitrogens is 1. The molecule has 60 heavy (non-hydrogen) atoms. The molecule has 3 N–H and O–H groups in total. The minimum absolute atomic E-state index is 0.0354. The van der Waals surface area contributed by atoms with Gasteiger partial charge in [0.15, 0.2) is 0 Å². The van der Waals surface area contributed by atoms with Crippen LogP contribution < -0.4 is 16.0 Å². The van der Waals surface area contributed by atoms with Gasteiger partial charge in [-0.2, -0.15) is 0 Å². The van der Waals surface area contributed by atoms with E-state index in [9.17, 15) is 0 Å². The first-order chi connectivity index (χ1) is 29.8. The maximum atomic E-state index is 3.87. The van der Waals surface area contributed by atoms with Gasteiger partial charge in [0, 0.05) is 21.8 Å². The van der Waals surface area contributed by atoms with Crippen molar-refractivity contribution in [2.24, 2.45) is 0 Å². The zero-order valence-electron chi connectivity index (χ0n) is 33.0. The first-order valence-corrected chi connectivity index (χ1v) is 21.0. The van der Waals surface area contributed by atoms with Gasteiger partial charge in [0.2, 0.25) is 0 Å². The van der Waals surface area contributed by atoms with E-state index in [2.05, 4.69) is 239 Å². The molecule has 2 unspecified atom stereocenters. The van der Waals surface area contributed by atoms with Crippen LogP contribution in [0, 0.1) is 0 Å². The van der Waals surface area contributed by atoms with Crippen molar-refractivity contribution in [3.8, 4) is 16.8 Å². The standard InChI is InChI=1S/C56H42N4/c1-5-19-37(20-6-1)53-57-54(38-21-7-2-8-22-38)59-55(58-53)39-33-35-42(36-34-39)60-48-32-18-16-30-46(48)50-51-49(43-27-13-14-28-44(43)52(50)60)45-29-15-17-31-47(45)56(51,40-23-9-3-10-24-40)41-25-11-4-12-26-41/h1-36,53-55,57-59H. The molecule has 1 saturated heterocycles. The van der Waals surface area contributed by atoms with Gasteiger partial charge in [-0.25, -0.2) is 0 Å². The summed E-state index contributed by atoms with van der Waals surface area (Å²) in [7, 11) is 0. The fourth-order valence-electron chi connectivity index (χ4n) is 10.5. The predicted molar refractivity (Wildman–Crippen MR) is 246 cm³/mol. The second-order valence-electron chi connectivity index (χ2n) is 16.1. The zero-order chi connectivity index (χ0) is 39.6. The van der Waals surface area contributed by atoms with Gasteiger partial charge in [-0.05, 0) is 73.7 Å². The minimum atomic E-state index is -0.549. The van der Waals surface area contributed by atoms with E-state index in [4.69, 9.17) is 0 Å². The number of hydrogen-bond acceptors (Lipinski definition) is 3. The highest BCUT2D eigenvalue weighted by Crippen LogP contribution is 2.61. The Kier molecular flexibility index (Phi) is 8.17. The normalized spacial score (nSPS) is 18.1. The summed E-state index contributed by atoms with van der Waals surface area (Å²) in [5, 5.41) is 16.6. The van der Waals surface area contributed by atoms with E-state index < -0.39 is 5.41 Å². The van der Waals surface area contributed by atoms with E-state index in [1.165, 1.54) is 82.6 Å². The smallest absolute Gasteiger partial charge is 0.0864 e. The van der Waals surface area contributed by atoms with Crippen LogP contribution in [-0.2, 0) is 5.41 Å². The molecule has 12 rings (SSSR count). The minimum Gasteiger partial charge on any atom is -0.309 e. The van der Waals surface area contributed by atoms with Crippen molar-refractivity contribution in [1.82, 2.24) is 20.5 Å². The van der Waals surface area contributed by atoms with Crippen LogP contribution >= 0.6 is 0 Å². The third-order valence-corrected chi connectivity index (χ3v) is 13.0. The van der Waals surface area contributed by atoms with E-state index in [1.54, 1.807) is 0 Å². The average Bonchev–Trinajstić information content (AvgIpc) is 3.84. The molecule has 1 aliphatic heterocycles. The molecule has 0 saturated carbocycles. The summed E-state index contributed by atoms with van der Waals surface area (Å²) in [6, 6.07) is 80.0. The fraction of sp³-hybridized carbons (Fsp3) is 0.0714. The van der Waals surface area contributed by atoms with Crippen molar-refractivity contribution in [3.05, 3.63) is 257 Å². The molecule has 2 aliphatic rings. The maximum absolute atomic E-state index is 3.87. The SMILES string of the molecule is c1ccc(C2NC(c3ccccc3)NC(c3ccc(-n4c5ccccc5c5c6c(c7ccccc7c54)-c4ccccc4C6(c4ccccc4)c4ccccc4)cc3)N2)cc1. The molecule has 4 heteroatoms. The Morgan fingerprint density at radius 1 is 0.383 bits per heavy atom. The van der Waals surface area contributed by atoms with E-state index in [0.29, 0.717) is 0 Å². The molecule has 286 valence electrons. The molecule has 9 aromatic carbocycles. The molecular formula is C56H42N4. The Balaban J connectivity index is 1.10. The molecule has 4 nitrogen and oxygen atoms in total. The third-order valence-electron chi connectivity index (χ3n) is 13.0. The Morgan fingerprint density at radius 3 is 1.42 bits per heavy atom. The highest BCUT2D eigenvalue weighted by Gasteiger charge is 2.48. The molecule has 10 aromatic rings. The summed E-state index contributed by atoms with van der Waals surface area (Å²) in [5.74, 6) is 0. The van der Waals surface area contributed by atoms with Crippen LogP contribution in [0.4, 0.5) is 0 Å². The number of hydrogen-bond donors (Lipinski definition) is 3. The highest BCUT2D eigenvalue weighted by molar-refractivity contribution is 6.26. The number of nitrogens with one attached hydrogen (secondary N) is 3. The zero-order valence-corrected chi connectivity index (χ0v) is 33.0. The van der Waals surface area contributed by atoms with Crippen molar-refractivity contribution in [1.29, 1.82) is 0 Å². The number of benzene rings is 9. The monoisotopic (exact) mass is 770 g/mol. The number of rotatable bonds is 6. The summed E-state index contributed by atoms with van der Waals surface area (Å²) in [5.41, 5.74) is 14.4. The number of fused-ring (bicyclic) bond motifs is 10. The Labute approximate surface area is 349 Å². The first kappa shape index (κ1) is 34.9. The molecule has 0 amide bonds. The number of para-hydroxylation sites is 1. The summed E-state index contributed by atoms with van der Waals surface area (Å²) in [6.45, 7) is 0. The molecule has 1 fully saturated rings. The molecule has 0 spiro atoms. The van der Waals surface area contributed by atoms with Crippen LogP contribution in [0.3, 0.4) is 0 Å². The Morgan fingerprint density at radius 2 is 0.833 bits per heavy atom. The van der Waals surface area contributed by atoms with Gasteiger partial charge in [0.25, 0.3) is 0 Å². The average molecular weight is 771 g/mol. The largest absolute Gasteiger partial charge is 0.309 e. The van der Waals surface area contributed by atoms with Crippen LogP contribution in [0.15, 0.2) is 218 Å². The van der Waals surface area contributed by atoms with Gasteiger partial charge in [0.05, 0.1) is 34.9 Å². The van der Waals surface area contributed by atoms with Crippen LogP contribution in [-0.4, -0.2) is 4.57 Å². The van der Waals surface area contributed by atoms with Crippen LogP contribution in [0.25, 0.3) is 49.4 Å². The van der Waals surface area contributed by atoms with Crippen LogP contribution in [0.1, 0.15) is 57.4 Å². The summed E-state index contributed by atoms with van der Waals surface area (Å²) in [4.78, 5) is 0. The van der Waals surface area contributed by atoms with Crippen LogP contribution in [0.2, 0.25) is 0 Å². The highest BCUT2D eigenvalue weighted by atomic mass is 15.4. The van der Waals surface area contributed by atoms with Crippen molar-refractivity contribution >= 4 is 32.6 Å². The summed E-state index contributed by atoms with van der Waals surface area (Å²) >= 11 is 0. The van der Waals surface area contributed by atoms with Crippen molar-refractivity contribution < 1.29 is 0 Å². The van der Waals surface area contributed by atoms with Gasteiger partial charge < -0.3 is 4.57 Å². The van der Waals surface area contributed by atoms with Crippen molar-refractivity contribution in [2.45, 2.75) is 23.9 Å². The van der Waals surface area contributed by atoms with Crippen molar-refractivity contribution in [3.63, 3.8) is 0 Å². The molecule has 2 heterocycles. The Hall–Kier alpha value is -7.08. The molecule has 1 aromatic heterocycles. The van der Waals surface area contributed by atoms with Gasteiger partial charge in [-0.1, -0.05) is 200 Å². The van der Waals surface area contributed by atoms with Gasteiger partial charge >= 0.3 is 0 Å². The lowest BCUT2D eigenvalue weighted by molar-refractivity contribution is 0.203. The van der Waals surface area contributed by atoms with Gasteiger partial charge in [-0.15, -0.1) is 0 Å². The van der Waals surface area contributed by atoms with E-state index in [1.807, 2.05) is 0 Å². The quantitative estimate of drug-likeness (QED) is 0.158. The maximum Gasteiger partial charge on any atom is 0.0864 e. The number of nitrogens with zero attached hydrogens (tertiary/aromatic N) is 1. The van der Waals surface area contributed by atoms with E-state index >= 15 is 0 Å². The first-order valence-electron chi connectivity index (χ1n) is 21.0. The second kappa shape index (κ2) is 14.0. The molecule has 1 aliphatic carbocycles. The molecular weight excluding hydrogens is 729 g/mol. The lowest BCUT2D eigenvalue weighted by Crippen LogP contribution is -2.54.